The molecule has 1 rings (SSSR count). The molecule has 0 spiro atoms. The lowest BCUT2D eigenvalue weighted by atomic mass is 9.99. The largest absolute Gasteiger partial charge is 0.392 e. The minimum Gasteiger partial charge on any atom is -0.392 e. The van der Waals surface area contributed by atoms with Crippen molar-refractivity contribution in [2.24, 2.45) is 0 Å². The first kappa shape index (κ1) is 8.02. The van der Waals surface area contributed by atoms with Gasteiger partial charge in [-0.2, -0.15) is 0 Å². The molecule has 1 N–H and O–H groups in total. The van der Waals surface area contributed by atoms with Gasteiger partial charge >= 0.3 is 0 Å². The molecule has 0 aromatic rings. The number of aliphatic hydroxyl groups is 1. The Balaban J connectivity index is 2.40. The van der Waals surface area contributed by atoms with Crippen molar-refractivity contribution < 1.29 is 5.11 Å². The molecule has 1 aliphatic rings. The van der Waals surface area contributed by atoms with Crippen LogP contribution in [0.3, 0.4) is 0 Å². The molecule has 0 aromatic carbocycles. The molecule has 0 aliphatic carbocycles. The Morgan fingerprint density at radius 3 is 2.60 bits per heavy atom. The summed E-state index contributed by atoms with van der Waals surface area (Å²) in [5.74, 6) is 0. The Labute approximate surface area is 62.8 Å². The second-order valence-corrected chi connectivity index (χ2v) is 3.28. The van der Waals surface area contributed by atoms with Crippen LogP contribution in [-0.2, 0) is 0 Å². The van der Waals surface area contributed by atoms with E-state index in [2.05, 4.69) is 11.9 Å². The Hall–Kier alpha value is -0.0800. The predicted molar refractivity (Wildman–Crippen MR) is 41.9 cm³/mol. The summed E-state index contributed by atoms with van der Waals surface area (Å²) in [4.78, 5) is 2.26. The van der Waals surface area contributed by atoms with Crippen molar-refractivity contribution in [2.45, 2.75) is 38.3 Å². The number of hydrogen-bond donors (Lipinski definition) is 1. The van der Waals surface area contributed by atoms with Crippen LogP contribution in [0.1, 0.15) is 26.2 Å². The molecule has 0 amide bonds. The molecule has 60 valence electrons. The van der Waals surface area contributed by atoms with E-state index in [1.807, 2.05) is 6.92 Å². The van der Waals surface area contributed by atoms with Gasteiger partial charge in [0.2, 0.25) is 0 Å². The van der Waals surface area contributed by atoms with Crippen LogP contribution in [0.25, 0.3) is 0 Å². The van der Waals surface area contributed by atoms with Crippen LogP contribution in [0.2, 0.25) is 0 Å². The van der Waals surface area contributed by atoms with Gasteiger partial charge in [0.15, 0.2) is 0 Å². The van der Waals surface area contributed by atoms with Crippen molar-refractivity contribution in [3.63, 3.8) is 0 Å². The second kappa shape index (κ2) is 3.35. The molecule has 1 aliphatic heterocycles. The normalized spacial score (nSPS) is 32.1. The monoisotopic (exact) mass is 143 g/mol. The van der Waals surface area contributed by atoms with E-state index in [4.69, 9.17) is 0 Å². The van der Waals surface area contributed by atoms with E-state index >= 15 is 0 Å². The van der Waals surface area contributed by atoms with Gasteiger partial charge in [-0.3, -0.25) is 0 Å². The van der Waals surface area contributed by atoms with Crippen molar-refractivity contribution in [2.75, 3.05) is 13.6 Å². The topological polar surface area (TPSA) is 23.5 Å². The molecule has 0 radical (unpaired) electrons. The lowest BCUT2D eigenvalue weighted by Gasteiger charge is -2.34. The SMILES string of the molecule is C[C@@H](O)C1CCCCN1C. The summed E-state index contributed by atoms with van der Waals surface area (Å²) in [7, 11) is 2.09. The van der Waals surface area contributed by atoms with Crippen LogP contribution in [0, 0.1) is 0 Å². The highest BCUT2D eigenvalue weighted by atomic mass is 16.3. The molecule has 1 unspecified atom stereocenters. The van der Waals surface area contributed by atoms with Gasteiger partial charge in [0.05, 0.1) is 6.10 Å². The molecule has 2 heteroatoms. The van der Waals surface area contributed by atoms with E-state index in [1.54, 1.807) is 0 Å². The fourth-order valence-electron chi connectivity index (χ4n) is 1.71. The highest BCUT2D eigenvalue weighted by Crippen LogP contribution is 2.17. The highest BCUT2D eigenvalue weighted by molar-refractivity contribution is 4.77. The molecule has 2 nitrogen and oxygen atoms in total. The first-order chi connectivity index (χ1) is 4.72. The van der Waals surface area contributed by atoms with Crippen LogP contribution in [0.4, 0.5) is 0 Å². The maximum absolute atomic E-state index is 9.31. The van der Waals surface area contributed by atoms with Gasteiger partial charge in [0.25, 0.3) is 0 Å². The Morgan fingerprint density at radius 1 is 1.50 bits per heavy atom. The maximum atomic E-state index is 9.31. The number of aliphatic hydroxyl groups excluding tert-OH is 1. The fourth-order valence-corrected chi connectivity index (χ4v) is 1.71. The zero-order valence-corrected chi connectivity index (χ0v) is 6.88. The molecule has 0 aromatic heterocycles. The Morgan fingerprint density at radius 2 is 2.20 bits per heavy atom. The molecule has 1 heterocycles. The molecule has 0 bridgehead atoms. The zero-order valence-electron chi connectivity index (χ0n) is 6.88. The lowest BCUT2D eigenvalue weighted by Crippen LogP contribution is -2.43. The summed E-state index contributed by atoms with van der Waals surface area (Å²) in [6.45, 7) is 3.03. The van der Waals surface area contributed by atoms with Gasteiger partial charge in [-0.05, 0) is 33.4 Å². The van der Waals surface area contributed by atoms with Gasteiger partial charge < -0.3 is 10.0 Å². The number of likely N-dealkylation sites (N-methyl/N-ethyl adjacent to an activating group) is 1. The molecule has 10 heavy (non-hydrogen) atoms. The minimum atomic E-state index is -0.162. The van der Waals surface area contributed by atoms with E-state index in [9.17, 15) is 5.11 Å². The summed E-state index contributed by atoms with van der Waals surface area (Å²) < 4.78 is 0. The fraction of sp³-hybridized carbons (Fsp3) is 1.00. The van der Waals surface area contributed by atoms with Crippen LogP contribution in [0.15, 0.2) is 0 Å². The lowest BCUT2D eigenvalue weighted by molar-refractivity contribution is 0.0529. The highest BCUT2D eigenvalue weighted by Gasteiger charge is 2.22. The van der Waals surface area contributed by atoms with E-state index in [0.717, 1.165) is 13.0 Å². The van der Waals surface area contributed by atoms with Crippen LogP contribution in [0.5, 0.6) is 0 Å². The van der Waals surface area contributed by atoms with Gasteiger partial charge in [0, 0.05) is 6.04 Å². The van der Waals surface area contributed by atoms with Crippen molar-refractivity contribution >= 4 is 0 Å². The minimum absolute atomic E-state index is 0.162. The number of piperidine rings is 1. The summed E-state index contributed by atoms with van der Waals surface area (Å²) in [5.41, 5.74) is 0. The van der Waals surface area contributed by atoms with Gasteiger partial charge in [0.1, 0.15) is 0 Å². The van der Waals surface area contributed by atoms with Gasteiger partial charge in [-0.25, -0.2) is 0 Å². The first-order valence-electron chi connectivity index (χ1n) is 4.10. The quantitative estimate of drug-likeness (QED) is 0.588. The Kier molecular flexibility index (Phi) is 2.69. The average Bonchev–Trinajstić information content (AvgIpc) is 1.88. The third-order valence-electron chi connectivity index (χ3n) is 2.38. The van der Waals surface area contributed by atoms with Crippen molar-refractivity contribution in [3.05, 3.63) is 0 Å². The molecule has 2 atom stereocenters. The first-order valence-corrected chi connectivity index (χ1v) is 4.10. The molecular weight excluding hydrogens is 126 g/mol. The number of likely N-dealkylation sites (tertiary alicyclic amines) is 1. The number of nitrogens with zero attached hydrogens (tertiary/aromatic N) is 1. The molecule has 1 fully saturated rings. The number of rotatable bonds is 1. The van der Waals surface area contributed by atoms with Gasteiger partial charge in [-0.15, -0.1) is 0 Å². The molecular formula is C8H17NO. The Bertz CT molecular complexity index is 103. The molecule has 0 saturated carbocycles. The van der Waals surface area contributed by atoms with E-state index in [-0.39, 0.29) is 6.10 Å². The van der Waals surface area contributed by atoms with Crippen molar-refractivity contribution in [1.29, 1.82) is 0 Å². The maximum Gasteiger partial charge on any atom is 0.0667 e. The van der Waals surface area contributed by atoms with E-state index < -0.39 is 0 Å². The summed E-state index contributed by atoms with van der Waals surface area (Å²) >= 11 is 0. The third-order valence-corrected chi connectivity index (χ3v) is 2.38. The van der Waals surface area contributed by atoms with E-state index in [0.29, 0.717) is 6.04 Å². The smallest absolute Gasteiger partial charge is 0.0667 e. The predicted octanol–water partition coefficient (Wildman–Crippen LogP) is 0.851. The summed E-state index contributed by atoms with van der Waals surface area (Å²) in [5, 5.41) is 9.31. The molecule has 1 saturated heterocycles. The average molecular weight is 143 g/mol. The zero-order chi connectivity index (χ0) is 7.56. The second-order valence-electron chi connectivity index (χ2n) is 3.28. The van der Waals surface area contributed by atoms with Crippen molar-refractivity contribution in [1.82, 2.24) is 4.90 Å². The van der Waals surface area contributed by atoms with E-state index in [1.165, 1.54) is 12.8 Å². The third kappa shape index (κ3) is 1.70. The van der Waals surface area contributed by atoms with Crippen LogP contribution >= 0.6 is 0 Å². The number of hydrogen-bond acceptors (Lipinski definition) is 2. The van der Waals surface area contributed by atoms with Gasteiger partial charge in [-0.1, -0.05) is 6.42 Å². The van der Waals surface area contributed by atoms with Crippen LogP contribution in [-0.4, -0.2) is 35.7 Å². The standard InChI is InChI=1S/C8H17NO/c1-7(10)8-5-3-4-6-9(8)2/h7-8,10H,3-6H2,1-2H3/t7-,8?/m1/s1. The van der Waals surface area contributed by atoms with Crippen molar-refractivity contribution in [3.8, 4) is 0 Å². The summed E-state index contributed by atoms with van der Waals surface area (Å²) in [6, 6.07) is 0.411. The summed E-state index contributed by atoms with van der Waals surface area (Å²) in [6.07, 6.45) is 3.57. The van der Waals surface area contributed by atoms with Crippen LogP contribution < -0.4 is 0 Å².